The average Bonchev–Trinajstić information content (AvgIpc) is 2.38. The van der Waals surface area contributed by atoms with Gasteiger partial charge in [0.15, 0.2) is 0 Å². The monoisotopic (exact) mass is 371 g/mol. The fourth-order valence-corrected chi connectivity index (χ4v) is 2.80. The van der Waals surface area contributed by atoms with Gasteiger partial charge in [0.1, 0.15) is 11.9 Å². The van der Waals surface area contributed by atoms with Gasteiger partial charge in [0.2, 0.25) is 0 Å². The summed E-state index contributed by atoms with van der Waals surface area (Å²) in [6, 6.07) is 9.15. The van der Waals surface area contributed by atoms with Crippen molar-refractivity contribution < 1.29 is 9.84 Å². The number of methoxy groups -OCH3 is 1. The molecule has 1 atom stereocenters. The van der Waals surface area contributed by atoms with Crippen molar-refractivity contribution in [3.63, 3.8) is 0 Å². The lowest BCUT2D eigenvalue weighted by atomic mass is 10.1. The van der Waals surface area contributed by atoms with E-state index in [1.807, 2.05) is 24.3 Å². The molecule has 1 aromatic carbocycles. The molecule has 0 aliphatic carbocycles. The lowest BCUT2D eigenvalue weighted by Crippen LogP contribution is -2.03. The highest BCUT2D eigenvalue weighted by molar-refractivity contribution is 9.11. The van der Waals surface area contributed by atoms with Crippen LogP contribution in [-0.2, 0) is 0 Å². The number of rotatable bonds is 3. The van der Waals surface area contributed by atoms with Crippen molar-refractivity contribution in [2.75, 3.05) is 7.11 Å². The molecule has 18 heavy (non-hydrogen) atoms. The van der Waals surface area contributed by atoms with Crippen LogP contribution in [0.5, 0.6) is 5.75 Å². The van der Waals surface area contributed by atoms with Gasteiger partial charge in [-0.3, -0.25) is 4.98 Å². The zero-order valence-electron chi connectivity index (χ0n) is 9.60. The molecule has 0 spiro atoms. The van der Waals surface area contributed by atoms with Crippen molar-refractivity contribution in [3.8, 4) is 5.75 Å². The highest BCUT2D eigenvalue weighted by Crippen LogP contribution is 2.30. The third-order valence-electron chi connectivity index (χ3n) is 2.50. The molecule has 0 aliphatic heterocycles. The Morgan fingerprint density at radius 3 is 2.72 bits per heavy atom. The number of aliphatic hydroxyl groups excluding tert-OH is 1. The van der Waals surface area contributed by atoms with E-state index < -0.39 is 6.10 Å². The number of aliphatic hydroxyl groups is 1. The molecule has 2 aromatic rings. The van der Waals surface area contributed by atoms with Crippen molar-refractivity contribution in [3.05, 3.63) is 56.7 Å². The first kappa shape index (κ1) is 13.5. The van der Waals surface area contributed by atoms with Crippen molar-refractivity contribution in [1.29, 1.82) is 0 Å². The molecule has 0 saturated carbocycles. The summed E-state index contributed by atoms with van der Waals surface area (Å²) < 4.78 is 6.75. The number of halogens is 2. The topological polar surface area (TPSA) is 42.4 Å². The van der Waals surface area contributed by atoms with E-state index >= 15 is 0 Å². The minimum Gasteiger partial charge on any atom is -0.497 e. The number of benzene rings is 1. The van der Waals surface area contributed by atoms with Gasteiger partial charge in [0.25, 0.3) is 0 Å². The number of ether oxygens (including phenoxy) is 1. The maximum absolute atomic E-state index is 10.3. The predicted octanol–water partition coefficient (Wildman–Crippen LogP) is 3.70. The molecule has 0 aliphatic rings. The largest absolute Gasteiger partial charge is 0.497 e. The molecule has 94 valence electrons. The molecule has 0 saturated heterocycles. The summed E-state index contributed by atoms with van der Waals surface area (Å²) in [5.74, 6) is 0.708. The van der Waals surface area contributed by atoms with Gasteiger partial charge in [-0.15, -0.1) is 0 Å². The summed E-state index contributed by atoms with van der Waals surface area (Å²) in [5.41, 5.74) is 1.32. The van der Waals surface area contributed by atoms with E-state index in [0.717, 1.165) is 14.5 Å². The summed E-state index contributed by atoms with van der Waals surface area (Å²) in [4.78, 5) is 4.23. The van der Waals surface area contributed by atoms with E-state index in [9.17, 15) is 5.11 Å². The molecule has 1 aromatic heterocycles. The molecule has 0 fully saturated rings. The lowest BCUT2D eigenvalue weighted by Gasteiger charge is -2.13. The number of nitrogens with zero attached hydrogens (tertiary/aromatic N) is 1. The van der Waals surface area contributed by atoms with Crippen molar-refractivity contribution in [1.82, 2.24) is 4.98 Å². The Hall–Kier alpha value is -0.910. The highest BCUT2D eigenvalue weighted by Gasteiger charge is 2.16. The maximum atomic E-state index is 10.3. The molecule has 1 N–H and O–H groups in total. The van der Waals surface area contributed by atoms with Crippen molar-refractivity contribution in [2.24, 2.45) is 0 Å². The lowest BCUT2D eigenvalue weighted by molar-refractivity contribution is 0.214. The molecular formula is C13H11Br2NO2. The van der Waals surface area contributed by atoms with Crippen LogP contribution >= 0.6 is 31.9 Å². The Morgan fingerprint density at radius 1 is 1.28 bits per heavy atom. The molecule has 0 bridgehead atoms. The average molecular weight is 373 g/mol. The number of hydrogen-bond donors (Lipinski definition) is 1. The molecular weight excluding hydrogens is 362 g/mol. The van der Waals surface area contributed by atoms with Crippen LogP contribution in [0.3, 0.4) is 0 Å². The van der Waals surface area contributed by atoms with Gasteiger partial charge in [-0.05, 0) is 55.6 Å². The molecule has 2 rings (SSSR count). The van der Waals surface area contributed by atoms with E-state index in [0.29, 0.717) is 11.4 Å². The normalized spacial score (nSPS) is 12.2. The van der Waals surface area contributed by atoms with Crippen molar-refractivity contribution >= 4 is 31.9 Å². The third kappa shape index (κ3) is 2.91. The predicted molar refractivity (Wildman–Crippen MR) is 76.7 cm³/mol. The molecule has 0 radical (unpaired) electrons. The molecule has 1 unspecified atom stereocenters. The standard InChI is InChI=1S/C13H11Br2NO2/c1-18-10-4-2-3-8(5-10)13(17)12-11(15)6-9(14)7-16-12/h2-7,13,17H,1H3. The minimum atomic E-state index is -0.789. The van der Waals surface area contributed by atoms with Gasteiger partial charge in [0.05, 0.1) is 12.8 Å². The second-order valence-electron chi connectivity index (χ2n) is 3.70. The summed E-state index contributed by atoms with van der Waals surface area (Å²) in [6.07, 6.45) is 0.867. The molecule has 0 amide bonds. The summed E-state index contributed by atoms with van der Waals surface area (Å²) in [7, 11) is 1.60. The molecule has 3 nitrogen and oxygen atoms in total. The maximum Gasteiger partial charge on any atom is 0.122 e. The van der Waals surface area contributed by atoms with Crippen LogP contribution in [0.1, 0.15) is 17.4 Å². The van der Waals surface area contributed by atoms with E-state index in [2.05, 4.69) is 36.8 Å². The van der Waals surface area contributed by atoms with E-state index in [1.165, 1.54) is 0 Å². The number of aromatic nitrogens is 1. The third-order valence-corrected chi connectivity index (χ3v) is 3.57. The zero-order valence-corrected chi connectivity index (χ0v) is 12.8. The van der Waals surface area contributed by atoms with Gasteiger partial charge in [-0.1, -0.05) is 12.1 Å². The molecule has 5 heteroatoms. The first-order valence-corrected chi connectivity index (χ1v) is 6.83. The van der Waals surface area contributed by atoms with E-state index in [-0.39, 0.29) is 0 Å². The Labute approximate surface area is 122 Å². The van der Waals surface area contributed by atoms with Crippen LogP contribution in [0.15, 0.2) is 45.5 Å². The van der Waals surface area contributed by atoms with Crippen LogP contribution in [-0.4, -0.2) is 17.2 Å². The van der Waals surface area contributed by atoms with Crippen LogP contribution in [0.4, 0.5) is 0 Å². The minimum absolute atomic E-state index is 0.575. The summed E-state index contributed by atoms with van der Waals surface area (Å²) >= 11 is 6.73. The van der Waals surface area contributed by atoms with Crippen LogP contribution < -0.4 is 4.74 Å². The summed E-state index contributed by atoms with van der Waals surface area (Å²) in [6.45, 7) is 0. The van der Waals surface area contributed by atoms with E-state index in [4.69, 9.17) is 4.74 Å². The fourth-order valence-electron chi connectivity index (χ4n) is 1.60. The van der Waals surface area contributed by atoms with Gasteiger partial charge >= 0.3 is 0 Å². The Morgan fingerprint density at radius 2 is 2.06 bits per heavy atom. The fraction of sp³-hybridized carbons (Fsp3) is 0.154. The first-order valence-electron chi connectivity index (χ1n) is 5.25. The Kier molecular flexibility index (Phi) is 4.37. The van der Waals surface area contributed by atoms with Gasteiger partial charge < -0.3 is 9.84 Å². The van der Waals surface area contributed by atoms with Gasteiger partial charge in [-0.25, -0.2) is 0 Å². The Bertz CT molecular complexity index is 560. The number of hydrogen-bond acceptors (Lipinski definition) is 3. The highest BCUT2D eigenvalue weighted by atomic mass is 79.9. The van der Waals surface area contributed by atoms with Gasteiger partial charge in [0, 0.05) is 15.1 Å². The van der Waals surface area contributed by atoms with Crippen LogP contribution in [0.2, 0.25) is 0 Å². The second-order valence-corrected chi connectivity index (χ2v) is 5.47. The quantitative estimate of drug-likeness (QED) is 0.893. The second kappa shape index (κ2) is 5.82. The van der Waals surface area contributed by atoms with Gasteiger partial charge in [-0.2, -0.15) is 0 Å². The number of pyridine rings is 1. The van der Waals surface area contributed by atoms with Crippen LogP contribution in [0, 0.1) is 0 Å². The SMILES string of the molecule is COc1cccc(C(O)c2ncc(Br)cc2Br)c1. The first-order chi connectivity index (χ1) is 8.61. The Balaban J connectivity index is 2.37. The smallest absolute Gasteiger partial charge is 0.122 e. The van der Waals surface area contributed by atoms with E-state index in [1.54, 1.807) is 19.4 Å². The molecule has 1 heterocycles. The summed E-state index contributed by atoms with van der Waals surface area (Å²) in [5, 5.41) is 10.3. The van der Waals surface area contributed by atoms with Crippen LogP contribution in [0.25, 0.3) is 0 Å². The van der Waals surface area contributed by atoms with Crippen molar-refractivity contribution in [2.45, 2.75) is 6.10 Å². The zero-order chi connectivity index (χ0) is 13.1.